The second-order valence-electron chi connectivity index (χ2n) is 7.14. The molecule has 9 nitrogen and oxygen atoms in total. The molecule has 2 heterocycles. The maximum absolute atomic E-state index is 13.0. The number of ether oxygens (including phenoxy) is 1. The van der Waals surface area contributed by atoms with Crippen molar-refractivity contribution >= 4 is 21.1 Å². The molecular formula is C20H22N4O5S. The summed E-state index contributed by atoms with van der Waals surface area (Å²) < 4.78 is 32.7. The number of fused-ring (bicyclic) bond motifs is 1. The molecule has 0 spiro atoms. The van der Waals surface area contributed by atoms with Gasteiger partial charge < -0.3 is 14.7 Å². The lowest BCUT2D eigenvalue weighted by Gasteiger charge is -2.34. The largest absolute Gasteiger partial charge is 0.497 e. The standard InChI is InChI=1S/C20H22N4O5S/c1-29-15-4-2-14(3-5-15)13-23-8-10-24(11-9-23)30(27,28)16-6-7-17-18(12-16)22-20(26)19(25)21-17/h2-7,12H,8-11,13H2,1H3,(H,21,25)(H,22,26). The van der Waals surface area contributed by atoms with Crippen molar-refractivity contribution in [3.63, 3.8) is 0 Å². The third-order valence-electron chi connectivity index (χ3n) is 5.23. The van der Waals surface area contributed by atoms with Gasteiger partial charge in [0.05, 0.1) is 23.0 Å². The van der Waals surface area contributed by atoms with E-state index in [2.05, 4.69) is 14.9 Å². The quantitative estimate of drug-likeness (QED) is 0.577. The van der Waals surface area contributed by atoms with Gasteiger partial charge in [0, 0.05) is 32.7 Å². The van der Waals surface area contributed by atoms with Crippen LogP contribution in [0.15, 0.2) is 56.9 Å². The molecule has 30 heavy (non-hydrogen) atoms. The summed E-state index contributed by atoms with van der Waals surface area (Å²) in [5.74, 6) is 0.801. The van der Waals surface area contributed by atoms with E-state index < -0.39 is 21.1 Å². The maximum Gasteiger partial charge on any atom is 0.314 e. The van der Waals surface area contributed by atoms with Gasteiger partial charge in [-0.05, 0) is 35.9 Å². The molecule has 1 aromatic heterocycles. The average Bonchev–Trinajstić information content (AvgIpc) is 2.75. The van der Waals surface area contributed by atoms with Gasteiger partial charge in [-0.3, -0.25) is 14.5 Å². The third-order valence-corrected chi connectivity index (χ3v) is 7.12. The third kappa shape index (κ3) is 4.02. The summed E-state index contributed by atoms with van der Waals surface area (Å²) in [5, 5.41) is 0. The Balaban J connectivity index is 1.46. The fraction of sp³-hybridized carbons (Fsp3) is 0.300. The number of nitrogens with one attached hydrogen (secondary N) is 2. The van der Waals surface area contributed by atoms with Crippen LogP contribution in [0.2, 0.25) is 0 Å². The molecule has 1 fully saturated rings. The van der Waals surface area contributed by atoms with Crippen molar-refractivity contribution in [3.8, 4) is 5.75 Å². The Hall–Kier alpha value is -2.95. The molecule has 1 aliphatic rings. The van der Waals surface area contributed by atoms with Gasteiger partial charge in [-0.1, -0.05) is 12.1 Å². The zero-order chi connectivity index (χ0) is 21.3. The van der Waals surface area contributed by atoms with Crippen LogP contribution in [0.5, 0.6) is 5.75 Å². The number of aromatic nitrogens is 2. The van der Waals surface area contributed by atoms with Crippen LogP contribution in [0.25, 0.3) is 11.0 Å². The first-order chi connectivity index (χ1) is 14.4. The first kappa shape index (κ1) is 20.3. The second-order valence-corrected chi connectivity index (χ2v) is 9.08. The van der Waals surface area contributed by atoms with Gasteiger partial charge in [0.1, 0.15) is 5.75 Å². The summed E-state index contributed by atoms with van der Waals surface area (Å²) in [6.07, 6.45) is 0. The first-order valence-electron chi connectivity index (χ1n) is 9.48. The molecule has 0 amide bonds. The fourth-order valence-corrected chi connectivity index (χ4v) is 4.97. The molecule has 3 aromatic rings. The predicted octanol–water partition coefficient (Wildman–Crippen LogP) is 0.731. The smallest absolute Gasteiger partial charge is 0.314 e. The van der Waals surface area contributed by atoms with Gasteiger partial charge in [0.25, 0.3) is 0 Å². The molecule has 4 rings (SSSR count). The summed E-state index contributed by atoms with van der Waals surface area (Å²) >= 11 is 0. The van der Waals surface area contributed by atoms with Crippen molar-refractivity contribution in [1.29, 1.82) is 0 Å². The summed E-state index contributed by atoms with van der Waals surface area (Å²) in [4.78, 5) is 30.1. The molecular weight excluding hydrogens is 408 g/mol. The predicted molar refractivity (Wildman–Crippen MR) is 112 cm³/mol. The summed E-state index contributed by atoms with van der Waals surface area (Å²) in [7, 11) is -2.08. The Morgan fingerprint density at radius 2 is 1.53 bits per heavy atom. The molecule has 0 unspecified atom stereocenters. The van der Waals surface area contributed by atoms with E-state index >= 15 is 0 Å². The van der Waals surface area contributed by atoms with Crippen LogP contribution in [-0.2, 0) is 16.6 Å². The summed E-state index contributed by atoms with van der Waals surface area (Å²) in [6, 6.07) is 12.1. The van der Waals surface area contributed by atoms with E-state index in [-0.39, 0.29) is 10.4 Å². The number of methoxy groups -OCH3 is 1. The zero-order valence-corrected chi connectivity index (χ0v) is 17.2. The van der Waals surface area contributed by atoms with Gasteiger partial charge in [0.15, 0.2) is 0 Å². The molecule has 1 saturated heterocycles. The Morgan fingerprint density at radius 3 is 2.17 bits per heavy atom. The molecule has 0 bridgehead atoms. The van der Waals surface area contributed by atoms with Crippen LogP contribution in [0.3, 0.4) is 0 Å². The van der Waals surface area contributed by atoms with Crippen LogP contribution in [0, 0.1) is 0 Å². The van der Waals surface area contributed by atoms with Crippen LogP contribution in [-0.4, -0.2) is 60.9 Å². The van der Waals surface area contributed by atoms with E-state index in [1.165, 1.54) is 22.5 Å². The fourth-order valence-electron chi connectivity index (χ4n) is 3.52. The lowest BCUT2D eigenvalue weighted by Crippen LogP contribution is -2.48. The van der Waals surface area contributed by atoms with Crippen molar-refractivity contribution in [2.24, 2.45) is 0 Å². The minimum absolute atomic E-state index is 0.0845. The number of hydrogen-bond acceptors (Lipinski definition) is 6. The first-order valence-corrected chi connectivity index (χ1v) is 10.9. The number of rotatable bonds is 5. The molecule has 0 atom stereocenters. The monoisotopic (exact) mass is 430 g/mol. The average molecular weight is 430 g/mol. The van der Waals surface area contributed by atoms with E-state index in [9.17, 15) is 18.0 Å². The molecule has 2 N–H and O–H groups in total. The number of hydrogen-bond donors (Lipinski definition) is 2. The number of nitrogens with zero attached hydrogens (tertiary/aromatic N) is 2. The maximum atomic E-state index is 13.0. The highest BCUT2D eigenvalue weighted by molar-refractivity contribution is 7.89. The number of sulfonamides is 1. The van der Waals surface area contributed by atoms with Crippen LogP contribution in [0.4, 0.5) is 0 Å². The van der Waals surface area contributed by atoms with E-state index in [4.69, 9.17) is 4.74 Å². The zero-order valence-electron chi connectivity index (χ0n) is 16.4. The minimum Gasteiger partial charge on any atom is -0.497 e. The Kier molecular flexibility index (Phi) is 5.46. The Morgan fingerprint density at radius 1 is 0.900 bits per heavy atom. The van der Waals surface area contributed by atoms with Crippen LogP contribution in [0.1, 0.15) is 5.56 Å². The highest BCUT2D eigenvalue weighted by atomic mass is 32.2. The van der Waals surface area contributed by atoms with E-state index in [1.54, 1.807) is 7.11 Å². The van der Waals surface area contributed by atoms with Crippen molar-refractivity contribution in [2.75, 3.05) is 33.3 Å². The van der Waals surface area contributed by atoms with Crippen LogP contribution >= 0.6 is 0 Å². The van der Waals surface area contributed by atoms with Gasteiger partial charge in [-0.15, -0.1) is 0 Å². The molecule has 0 radical (unpaired) electrons. The van der Waals surface area contributed by atoms with E-state index in [0.29, 0.717) is 31.7 Å². The van der Waals surface area contributed by atoms with Crippen LogP contribution < -0.4 is 15.9 Å². The van der Waals surface area contributed by atoms with E-state index in [1.807, 2.05) is 24.3 Å². The number of aromatic amines is 2. The van der Waals surface area contributed by atoms with Crippen molar-refractivity contribution in [1.82, 2.24) is 19.2 Å². The van der Waals surface area contributed by atoms with Gasteiger partial charge in [-0.2, -0.15) is 4.31 Å². The number of piperazine rings is 1. The van der Waals surface area contributed by atoms with Crippen molar-refractivity contribution < 1.29 is 13.2 Å². The van der Waals surface area contributed by atoms with E-state index in [0.717, 1.165) is 17.9 Å². The Bertz CT molecular complexity index is 1270. The summed E-state index contributed by atoms with van der Waals surface area (Å²) in [5.41, 5.74) is 0.205. The van der Waals surface area contributed by atoms with Crippen molar-refractivity contribution in [2.45, 2.75) is 11.4 Å². The molecule has 1 aliphatic heterocycles. The molecule has 0 aliphatic carbocycles. The SMILES string of the molecule is COc1ccc(CN2CCN(S(=O)(=O)c3ccc4[nH]c(=O)c(=O)[nH]c4c3)CC2)cc1. The van der Waals surface area contributed by atoms with Crippen molar-refractivity contribution in [3.05, 3.63) is 68.7 Å². The topological polar surface area (TPSA) is 116 Å². The molecule has 0 saturated carbocycles. The number of H-pyrrole nitrogens is 2. The van der Waals surface area contributed by atoms with Gasteiger partial charge in [0.2, 0.25) is 10.0 Å². The lowest BCUT2D eigenvalue weighted by molar-refractivity contribution is 0.181. The normalized spacial score (nSPS) is 16.0. The molecule has 10 heteroatoms. The Labute approximate surface area is 173 Å². The highest BCUT2D eigenvalue weighted by Crippen LogP contribution is 2.21. The molecule has 2 aromatic carbocycles. The minimum atomic E-state index is -3.71. The lowest BCUT2D eigenvalue weighted by atomic mass is 10.2. The van der Waals surface area contributed by atoms with Gasteiger partial charge in [-0.25, -0.2) is 8.42 Å². The summed E-state index contributed by atoms with van der Waals surface area (Å²) in [6.45, 7) is 2.71. The molecule has 158 valence electrons. The highest BCUT2D eigenvalue weighted by Gasteiger charge is 2.28. The number of benzene rings is 2. The van der Waals surface area contributed by atoms with Gasteiger partial charge >= 0.3 is 11.1 Å². The second kappa shape index (κ2) is 8.05.